The highest BCUT2D eigenvalue weighted by atomic mass is 79.9. The maximum Gasteiger partial charge on any atom is 0.416 e. The molecule has 4 atom stereocenters. The molecule has 4 aromatic heterocycles. The van der Waals surface area contributed by atoms with Crippen molar-refractivity contribution in [2.45, 2.75) is 103 Å². The molecule has 10 N–H and O–H groups in total. The van der Waals surface area contributed by atoms with Gasteiger partial charge in [0, 0.05) is 117 Å². The Morgan fingerprint density at radius 3 is 1.01 bits per heavy atom. The number of halogens is 6. The predicted molar refractivity (Wildman–Crippen MR) is 570 cm³/mol. The summed E-state index contributed by atoms with van der Waals surface area (Å²) in [5.74, 6) is 2.81. The molecule has 30 nitrogen and oxygen atoms in total. The summed E-state index contributed by atoms with van der Waals surface area (Å²) in [6.07, 6.45) is 2.00. The van der Waals surface area contributed by atoms with Crippen LogP contribution in [0.15, 0.2) is 227 Å². The molecule has 14 aromatic rings. The van der Waals surface area contributed by atoms with Crippen molar-refractivity contribution in [2.75, 3.05) is 139 Å². The number of carbonyl (C=O) groups is 4. The highest BCUT2D eigenvalue weighted by molar-refractivity contribution is 9.10. The van der Waals surface area contributed by atoms with Crippen LogP contribution in [0.4, 0.5) is 23.6 Å². The van der Waals surface area contributed by atoms with Gasteiger partial charge in [0.25, 0.3) is 0 Å². The summed E-state index contributed by atoms with van der Waals surface area (Å²) in [6.45, 7) is 13.6. The zero-order chi connectivity index (χ0) is 105. The highest BCUT2D eigenvalue weighted by Gasteiger charge is 2.44. The minimum Gasteiger partial charge on any atom is -0.493 e. The molecule has 0 saturated carbocycles. The van der Waals surface area contributed by atoms with Crippen LogP contribution in [-0.4, -0.2) is 240 Å². The molecule has 20 rings (SSSR count). The summed E-state index contributed by atoms with van der Waals surface area (Å²) in [4.78, 5) is 73.9. The monoisotopic (exact) mass is 2220 g/mol. The van der Waals surface area contributed by atoms with Gasteiger partial charge in [-0.15, -0.1) is 0 Å². The Balaban J connectivity index is 0.000000135. The first-order chi connectivity index (χ1) is 72.1. The van der Waals surface area contributed by atoms with Gasteiger partial charge in [-0.3, -0.25) is 19.6 Å². The number of hydrogen-bond acceptors (Lipinski definition) is 22. The van der Waals surface area contributed by atoms with Crippen molar-refractivity contribution in [1.82, 2.24) is 39.5 Å². The number of hydrogen-bond donors (Lipinski definition) is 10. The number of aromatic nitrogens is 4. The average molecular weight is 2230 g/mol. The van der Waals surface area contributed by atoms with Crippen LogP contribution < -0.4 is 28.4 Å². The summed E-state index contributed by atoms with van der Waals surface area (Å²) >= 11 is 25.7. The van der Waals surface area contributed by atoms with E-state index >= 15 is 0 Å². The lowest BCUT2D eigenvalue weighted by Crippen LogP contribution is -2.45. The lowest BCUT2D eigenvalue weighted by Gasteiger charge is -2.36. The van der Waals surface area contributed by atoms with Crippen molar-refractivity contribution in [3.05, 3.63) is 316 Å². The molecule has 2 saturated heterocycles. The van der Waals surface area contributed by atoms with Crippen LogP contribution in [0.25, 0.3) is 43.6 Å². The lowest BCUT2D eigenvalue weighted by atomic mass is 9.88. The third-order valence-electron chi connectivity index (χ3n) is 28.4. The third-order valence-corrected chi connectivity index (χ3v) is 30.1. The molecule has 149 heavy (non-hydrogen) atoms. The van der Waals surface area contributed by atoms with Gasteiger partial charge in [0.2, 0.25) is 0 Å². The second-order valence-corrected chi connectivity index (χ2v) is 41.8. The van der Waals surface area contributed by atoms with Crippen molar-refractivity contribution in [2.24, 2.45) is 21.7 Å². The number of aliphatic hydroxyl groups is 6. The molecule has 2 unspecified atom stereocenters. The van der Waals surface area contributed by atoms with Crippen molar-refractivity contribution in [1.29, 1.82) is 0 Å². The van der Waals surface area contributed by atoms with Crippen molar-refractivity contribution >= 4 is 135 Å². The molecule has 0 spiro atoms. The Morgan fingerprint density at radius 2 is 0.691 bits per heavy atom. The van der Waals surface area contributed by atoms with E-state index in [1.165, 1.54) is 29.8 Å². The van der Waals surface area contributed by atoms with Crippen molar-refractivity contribution < 1.29 is 111 Å². The molecule has 0 aliphatic carbocycles. The third kappa shape index (κ3) is 24.6. The number of aliphatic hydroxyl groups excluding tert-OH is 6. The molecule has 2 fully saturated rings. The van der Waals surface area contributed by atoms with Crippen molar-refractivity contribution in [3.8, 4) is 34.5 Å². The van der Waals surface area contributed by atoms with E-state index in [-0.39, 0.29) is 116 Å². The largest absolute Gasteiger partial charge is 0.493 e. The number of rotatable bonds is 28. The Labute approximate surface area is 893 Å². The van der Waals surface area contributed by atoms with E-state index in [0.717, 1.165) is 114 Å². The Bertz CT molecular complexity index is 6720. The molecule has 36 heteroatoms. The number of nitrogens with zero attached hydrogens (tertiary/aromatic N) is 4. The number of aromatic amines is 4. The first kappa shape index (κ1) is 108. The summed E-state index contributed by atoms with van der Waals surface area (Å²) in [5, 5.41) is 64.9. The Hall–Kier alpha value is -12.0. The van der Waals surface area contributed by atoms with Crippen LogP contribution in [0.1, 0.15) is 139 Å². The van der Waals surface area contributed by atoms with Gasteiger partial charge in [0.1, 0.15) is 91.3 Å². The molecule has 10 aromatic carbocycles. The van der Waals surface area contributed by atoms with Gasteiger partial charge >= 0.3 is 24.4 Å². The van der Waals surface area contributed by atoms with Gasteiger partial charge in [0.15, 0.2) is 0 Å². The van der Waals surface area contributed by atoms with Crippen LogP contribution in [0.3, 0.4) is 0 Å². The fourth-order valence-corrected chi connectivity index (χ4v) is 20.7. The van der Waals surface area contributed by atoms with Crippen LogP contribution in [0.5, 0.6) is 34.5 Å². The van der Waals surface area contributed by atoms with Crippen molar-refractivity contribution in [3.63, 3.8) is 0 Å². The molecule has 10 heterocycles. The number of benzene rings is 10. The average Bonchev–Trinajstić information content (AvgIpc) is 1.62. The van der Waals surface area contributed by atoms with Crippen LogP contribution in [-0.2, 0) is 54.1 Å². The van der Waals surface area contributed by atoms with Crippen LogP contribution in [0.2, 0.25) is 15.1 Å². The first-order valence-corrected chi connectivity index (χ1v) is 52.3. The SMILES string of the molecule is CC(C)OC(=O)N1CCc2c([nH]c3ccc(Cl)cc23)[C@@H]1c1ccc(OCC2(CO)COCOC2)cc1.CCC(CO)(CO)COc1ccc(C2c3[nH]c4ccc(Br)cc4c3CCN2C(=O)Oc2ccc(Cl)cc2)cc1.CCC(CO)(CO)COc1ccc(C2c3[nH]c4ccc(Br)cc4c3CCN2C(=O)Oc2ccc(F)cc2)cc1.CCOC(=O)N1CCc2c([nH]c3ccc(Cl)cc23)[C@@H]1c1ccc(OCC2(CO)COCOC2)cc1. The second kappa shape index (κ2) is 48.5. The number of H-pyrrole nitrogens is 4. The lowest BCUT2D eigenvalue weighted by molar-refractivity contribution is -0.184. The van der Waals surface area contributed by atoms with E-state index in [4.69, 9.17) is 91.6 Å². The first-order valence-electron chi connectivity index (χ1n) is 49.6. The zero-order valence-corrected chi connectivity index (χ0v) is 88.5. The highest BCUT2D eigenvalue weighted by Crippen LogP contribution is 2.47. The second-order valence-electron chi connectivity index (χ2n) is 38.7. The molecular weight excluding hydrogens is 2110 g/mol. The Kier molecular flexibility index (Phi) is 35.3. The van der Waals surface area contributed by atoms with E-state index in [1.807, 2.05) is 185 Å². The predicted octanol–water partition coefficient (Wildman–Crippen LogP) is 21.4. The summed E-state index contributed by atoms with van der Waals surface area (Å²) in [5.41, 5.74) is 13.4. The maximum atomic E-state index is 13.5. The zero-order valence-electron chi connectivity index (χ0n) is 83.0. The van der Waals surface area contributed by atoms with Crippen LogP contribution in [0, 0.1) is 27.5 Å². The number of amides is 4. The molecule has 6 aliphatic heterocycles. The van der Waals surface area contributed by atoms with Crippen LogP contribution >= 0.6 is 66.7 Å². The molecule has 0 bridgehead atoms. The quantitative estimate of drug-likeness (QED) is 0.0218. The number of ether oxygens (including phenoxy) is 12. The number of fused-ring (bicyclic) bond motifs is 12. The van der Waals surface area contributed by atoms with E-state index in [0.29, 0.717) is 142 Å². The smallest absolute Gasteiger partial charge is 0.416 e. The van der Waals surface area contributed by atoms with Gasteiger partial charge in [-0.1, -0.05) is 129 Å². The van der Waals surface area contributed by atoms with Gasteiger partial charge in [-0.05, 0) is 274 Å². The molecule has 786 valence electrons. The minimum atomic E-state index is -0.712. The van der Waals surface area contributed by atoms with E-state index in [1.54, 1.807) is 50.8 Å². The van der Waals surface area contributed by atoms with E-state index < -0.39 is 51.7 Å². The molecule has 4 amide bonds. The summed E-state index contributed by atoms with van der Waals surface area (Å²) in [6, 6.07) is 64.7. The topological polar surface area (TPSA) is 377 Å². The minimum absolute atomic E-state index is 0.0885. The summed E-state index contributed by atoms with van der Waals surface area (Å²) < 4.78 is 82.9. The number of carbonyl (C=O) groups excluding carboxylic acids is 4. The van der Waals surface area contributed by atoms with Gasteiger partial charge in [-0.25, -0.2) is 23.6 Å². The molecule has 0 radical (unpaired) electrons. The molecule has 6 aliphatic rings. The van der Waals surface area contributed by atoms with Gasteiger partial charge in [-0.2, -0.15) is 0 Å². The summed E-state index contributed by atoms with van der Waals surface area (Å²) in [7, 11) is 0. The fraction of sp³-hybridized carbons (Fsp3) is 0.363. The normalized spacial score (nSPS) is 17.2. The fourth-order valence-electron chi connectivity index (χ4n) is 19.6. The number of nitrogens with one attached hydrogen (secondary N) is 4. The van der Waals surface area contributed by atoms with Gasteiger partial charge < -0.3 is 107 Å². The standard InChI is InChI=1S/C30H30BrClN2O5.C30H30BrFN2O5.C27H31ClN2O6.C26H29ClN2O6/c2*1-2-30(16-35,17-36)18-38-22-8-3-19(4-9-22)28-27-24(25-15-20(31)5-12-26(25)33-27)13-14-34(28)29(37)39-23-10-6-21(32)7-11-23;1-17(2)36-26(32)30-10-9-21-22-11-19(28)5-8-23(22)29-24(21)25(30)18-3-6-20(7-4-18)35-15-27(12-31)13-33-16-34-14-27;1-2-34-25(31)29-10-9-20-21-11-18(27)5-8-22(21)28-23(20)24(29)17-3-6-19(7-4-17)35-15-26(12-30)13-32-16-33-14-26/h2*3-12,15,28,33,35-36H,2,13-14,16-18H2,1H3;3-8,11,17,25,29,31H,9-10,12-16H2,1-2H3;3-8,11,24,28,30H,2,9-10,12-16H2,1H3/t;;25-;24-/m..00/s1. The van der Waals surface area contributed by atoms with Gasteiger partial charge in [0.05, 0.1) is 114 Å². The maximum absolute atomic E-state index is 13.5. The Morgan fingerprint density at radius 1 is 0.396 bits per heavy atom. The van der Waals surface area contributed by atoms with E-state index in [9.17, 15) is 54.2 Å². The molecular formula is C113H120Br2Cl3FN8O22. The van der Waals surface area contributed by atoms with E-state index in [2.05, 4.69) is 63.9 Å².